The SMILES string of the molecule is COc1cc(-c2cnc3cc(OCC4CN(CC(C)(C)O)C4)ccn23)cc(OC(F)F)c1C(=O)CC1CC1. The Labute approximate surface area is 220 Å². The number of aromatic nitrogens is 2. The minimum absolute atomic E-state index is 0.0464. The van der Waals surface area contributed by atoms with Gasteiger partial charge in [0.15, 0.2) is 5.78 Å². The van der Waals surface area contributed by atoms with E-state index in [0.29, 0.717) is 41.7 Å². The predicted molar refractivity (Wildman–Crippen MR) is 137 cm³/mol. The average molecular weight is 530 g/mol. The van der Waals surface area contributed by atoms with Gasteiger partial charge >= 0.3 is 6.61 Å². The highest BCUT2D eigenvalue weighted by molar-refractivity contribution is 6.02. The van der Waals surface area contributed by atoms with Gasteiger partial charge in [0.25, 0.3) is 0 Å². The molecule has 0 spiro atoms. The summed E-state index contributed by atoms with van der Waals surface area (Å²) < 4.78 is 44.6. The van der Waals surface area contributed by atoms with Crippen LogP contribution in [0.5, 0.6) is 17.2 Å². The first-order valence-electron chi connectivity index (χ1n) is 12.8. The fourth-order valence-corrected chi connectivity index (χ4v) is 4.99. The molecule has 1 aromatic carbocycles. The summed E-state index contributed by atoms with van der Waals surface area (Å²) in [6.07, 6.45) is 5.65. The van der Waals surface area contributed by atoms with Crippen molar-refractivity contribution in [3.8, 4) is 28.5 Å². The Morgan fingerprint density at radius 3 is 2.58 bits per heavy atom. The van der Waals surface area contributed by atoms with E-state index in [2.05, 4.69) is 9.88 Å². The number of ketones is 1. The molecule has 2 fully saturated rings. The van der Waals surface area contributed by atoms with Crippen LogP contribution in [0.15, 0.2) is 36.7 Å². The van der Waals surface area contributed by atoms with E-state index in [1.807, 2.05) is 16.5 Å². The van der Waals surface area contributed by atoms with Gasteiger partial charge in [-0.15, -0.1) is 0 Å². The molecule has 1 N–H and O–H groups in total. The van der Waals surface area contributed by atoms with Crippen LogP contribution >= 0.6 is 0 Å². The minimum atomic E-state index is -3.08. The van der Waals surface area contributed by atoms with Gasteiger partial charge in [-0.25, -0.2) is 4.98 Å². The molecular weight excluding hydrogens is 496 g/mol. The number of rotatable bonds is 12. The van der Waals surface area contributed by atoms with E-state index < -0.39 is 12.2 Å². The number of aliphatic hydroxyl groups is 1. The number of carbonyl (C=O) groups excluding carboxylic acids is 1. The molecule has 8 nitrogen and oxygen atoms in total. The number of methoxy groups -OCH3 is 1. The molecule has 204 valence electrons. The quantitative estimate of drug-likeness (QED) is 0.341. The van der Waals surface area contributed by atoms with Crippen molar-refractivity contribution in [1.82, 2.24) is 14.3 Å². The summed E-state index contributed by atoms with van der Waals surface area (Å²) in [6, 6.07) is 6.74. The fourth-order valence-electron chi connectivity index (χ4n) is 4.99. The molecule has 1 saturated carbocycles. The van der Waals surface area contributed by atoms with Crippen LogP contribution in [-0.2, 0) is 0 Å². The van der Waals surface area contributed by atoms with E-state index in [1.54, 1.807) is 32.3 Å². The van der Waals surface area contributed by atoms with Crippen LogP contribution in [0.1, 0.15) is 43.5 Å². The predicted octanol–water partition coefficient (Wildman–Crippen LogP) is 4.68. The van der Waals surface area contributed by atoms with Crippen LogP contribution in [-0.4, -0.2) is 70.7 Å². The van der Waals surface area contributed by atoms with Crippen molar-refractivity contribution in [2.24, 2.45) is 11.8 Å². The van der Waals surface area contributed by atoms with Crippen molar-refractivity contribution in [2.45, 2.75) is 45.3 Å². The number of benzene rings is 1. The Bertz CT molecular complexity index is 1310. The number of alkyl halides is 2. The highest BCUT2D eigenvalue weighted by atomic mass is 19.3. The zero-order valence-corrected chi connectivity index (χ0v) is 21.8. The van der Waals surface area contributed by atoms with Gasteiger partial charge < -0.3 is 19.3 Å². The number of fused-ring (bicyclic) bond motifs is 1. The molecule has 2 aromatic heterocycles. The molecule has 10 heteroatoms. The summed E-state index contributed by atoms with van der Waals surface area (Å²) >= 11 is 0. The van der Waals surface area contributed by atoms with Crippen LogP contribution in [0.4, 0.5) is 8.78 Å². The maximum atomic E-state index is 13.3. The first-order valence-corrected chi connectivity index (χ1v) is 12.8. The van der Waals surface area contributed by atoms with E-state index in [0.717, 1.165) is 25.9 Å². The van der Waals surface area contributed by atoms with E-state index >= 15 is 0 Å². The number of hydrogen-bond donors (Lipinski definition) is 1. The molecule has 5 rings (SSSR count). The molecule has 1 aliphatic heterocycles. The third-order valence-corrected chi connectivity index (χ3v) is 6.86. The van der Waals surface area contributed by atoms with Gasteiger partial charge in [-0.1, -0.05) is 0 Å². The summed E-state index contributed by atoms with van der Waals surface area (Å²) in [7, 11) is 1.41. The van der Waals surface area contributed by atoms with E-state index in [1.165, 1.54) is 13.2 Å². The standard InChI is InChI=1S/C28H33F2N3O5/c1-28(2,35)16-32-13-18(14-32)15-37-20-6-7-33-21(12-31-25(33)11-20)19-9-23(36-3)26(22(34)8-17-4-5-17)24(10-19)38-27(29)30/h6-7,9-12,17-18,27,35H,4-5,8,13-16H2,1-3H3. The lowest BCUT2D eigenvalue weighted by Crippen LogP contribution is -2.53. The zero-order valence-electron chi connectivity index (χ0n) is 21.8. The number of Topliss-reactive ketones (excluding diaryl/α,β-unsaturated/α-hetero) is 1. The van der Waals surface area contributed by atoms with Crippen LogP contribution in [0.2, 0.25) is 0 Å². The number of halogens is 2. The van der Waals surface area contributed by atoms with Gasteiger partial charge in [-0.3, -0.25) is 14.1 Å². The van der Waals surface area contributed by atoms with Gasteiger partial charge in [-0.2, -0.15) is 8.78 Å². The molecule has 0 radical (unpaired) electrons. The smallest absolute Gasteiger partial charge is 0.387 e. The number of nitrogens with zero attached hydrogens (tertiary/aromatic N) is 3. The molecule has 3 heterocycles. The number of carbonyl (C=O) groups is 1. The van der Waals surface area contributed by atoms with Gasteiger partial charge in [0.1, 0.15) is 28.5 Å². The Morgan fingerprint density at radius 1 is 1.18 bits per heavy atom. The maximum absolute atomic E-state index is 13.3. The molecule has 2 aliphatic rings. The second kappa shape index (κ2) is 10.5. The van der Waals surface area contributed by atoms with E-state index in [-0.39, 0.29) is 35.2 Å². The monoisotopic (exact) mass is 529 g/mol. The second-order valence-corrected chi connectivity index (χ2v) is 10.9. The molecule has 3 aromatic rings. The molecule has 1 aliphatic carbocycles. The van der Waals surface area contributed by atoms with Crippen molar-refractivity contribution < 1.29 is 32.9 Å². The van der Waals surface area contributed by atoms with E-state index in [9.17, 15) is 18.7 Å². The van der Waals surface area contributed by atoms with Crippen molar-refractivity contribution in [3.05, 3.63) is 42.2 Å². The van der Waals surface area contributed by atoms with Crippen LogP contribution in [0, 0.1) is 11.8 Å². The lowest BCUT2D eigenvalue weighted by atomic mass is 9.98. The average Bonchev–Trinajstić information content (AvgIpc) is 3.53. The lowest BCUT2D eigenvalue weighted by molar-refractivity contribution is -0.0502. The van der Waals surface area contributed by atoms with Crippen molar-refractivity contribution in [1.29, 1.82) is 0 Å². The highest BCUT2D eigenvalue weighted by Crippen LogP contribution is 2.40. The second-order valence-electron chi connectivity index (χ2n) is 10.9. The van der Waals surface area contributed by atoms with Crippen molar-refractivity contribution >= 4 is 11.4 Å². The Morgan fingerprint density at radius 2 is 1.92 bits per heavy atom. The highest BCUT2D eigenvalue weighted by Gasteiger charge is 2.31. The third-order valence-electron chi connectivity index (χ3n) is 6.86. The van der Waals surface area contributed by atoms with Crippen LogP contribution < -0.4 is 14.2 Å². The fraction of sp³-hybridized carbons (Fsp3) is 0.500. The van der Waals surface area contributed by atoms with Crippen molar-refractivity contribution in [3.63, 3.8) is 0 Å². The first kappa shape index (κ1) is 26.4. The van der Waals surface area contributed by atoms with Gasteiger partial charge in [0.2, 0.25) is 0 Å². The van der Waals surface area contributed by atoms with E-state index in [4.69, 9.17) is 14.2 Å². The van der Waals surface area contributed by atoms with Crippen molar-refractivity contribution in [2.75, 3.05) is 33.4 Å². The Balaban J connectivity index is 1.34. The summed E-state index contributed by atoms with van der Waals surface area (Å²) in [5.41, 5.74) is 1.12. The van der Waals surface area contributed by atoms with Gasteiger partial charge in [0.05, 0.1) is 31.2 Å². The summed E-state index contributed by atoms with van der Waals surface area (Å²) in [5.74, 6) is 1.09. The summed E-state index contributed by atoms with van der Waals surface area (Å²) in [6.45, 7) is 3.48. The normalized spacial score (nSPS) is 16.6. The maximum Gasteiger partial charge on any atom is 0.387 e. The molecule has 0 bridgehead atoms. The first-order chi connectivity index (χ1) is 18.1. The number of ether oxygens (including phenoxy) is 3. The molecule has 0 amide bonds. The minimum Gasteiger partial charge on any atom is -0.496 e. The zero-order chi connectivity index (χ0) is 27.0. The summed E-state index contributed by atoms with van der Waals surface area (Å²) in [5, 5.41) is 9.94. The molecule has 0 atom stereocenters. The molecular formula is C28H33F2N3O5. The van der Waals surface area contributed by atoms with Gasteiger partial charge in [0, 0.05) is 49.8 Å². The third kappa shape index (κ3) is 6.07. The molecule has 0 unspecified atom stereocenters. The topological polar surface area (TPSA) is 85.5 Å². The number of β-amino-alcohol motifs (C(OH)–C–C–N with tert-alkyl or cyclic N) is 1. The van der Waals surface area contributed by atoms with Gasteiger partial charge in [-0.05, 0) is 50.8 Å². The summed E-state index contributed by atoms with van der Waals surface area (Å²) in [4.78, 5) is 19.6. The molecule has 1 saturated heterocycles. The van der Waals surface area contributed by atoms with Crippen LogP contribution in [0.3, 0.4) is 0 Å². The Hall–Kier alpha value is -3.24. The number of imidazole rings is 1. The number of pyridine rings is 1. The molecule has 38 heavy (non-hydrogen) atoms. The number of hydrogen-bond acceptors (Lipinski definition) is 7. The Kier molecular flexibility index (Phi) is 7.28. The number of likely N-dealkylation sites (tertiary alicyclic amines) is 1. The largest absolute Gasteiger partial charge is 0.496 e. The van der Waals surface area contributed by atoms with Crippen LogP contribution in [0.25, 0.3) is 16.9 Å². The lowest BCUT2D eigenvalue weighted by Gasteiger charge is -2.41.